The number of aliphatic carboxylic acids is 1. The molecule has 124 valence electrons. The monoisotopic (exact) mass is 334 g/mol. The Hall–Kier alpha value is -1.69. The summed E-state index contributed by atoms with van der Waals surface area (Å²) < 4.78 is 0. The molecule has 0 radical (unpaired) electrons. The lowest BCUT2D eigenvalue weighted by atomic mass is 10.0. The van der Waals surface area contributed by atoms with Gasteiger partial charge in [-0.15, -0.1) is 0 Å². The Labute approximate surface area is 140 Å². The van der Waals surface area contributed by atoms with Gasteiger partial charge in [-0.05, 0) is 18.4 Å². The number of hydrogen-bond acceptors (Lipinski definition) is 3. The van der Waals surface area contributed by atoms with E-state index in [-0.39, 0.29) is 24.5 Å². The number of fused-ring (bicyclic) bond motifs is 1. The second-order valence-electron chi connectivity index (χ2n) is 6.17. The van der Waals surface area contributed by atoms with Crippen LogP contribution in [0.2, 0.25) is 0 Å². The van der Waals surface area contributed by atoms with Gasteiger partial charge in [-0.1, -0.05) is 36.8 Å². The van der Waals surface area contributed by atoms with Crippen LogP contribution in [0.15, 0.2) is 30.3 Å². The predicted octanol–water partition coefficient (Wildman–Crippen LogP) is 2.71. The van der Waals surface area contributed by atoms with Crippen molar-refractivity contribution in [3.05, 3.63) is 35.9 Å². The Bertz CT molecular complexity index is 566. The Morgan fingerprint density at radius 3 is 2.83 bits per heavy atom. The molecule has 23 heavy (non-hydrogen) atoms. The first-order valence-electron chi connectivity index (χ1n) is 8.09. The van der Waals surface area contributed by atoms with Crippen LogP contribution in [0.3, 0.4) is 0 Å². The zero-order valence-electron chi connectivity index (χ0n) is 13.0. The molecule has 1 unspecified atom stereocenters. The number of nitrogens with one attached hydrogen (secondary N) is 1. The Kier molecular flexibility index (Phi) is 5.10. The molecular weight excluding hydrogens is 312 g/mol. The van der Waals surface area contributed by atoms with E-state index in [9.17, 15) is 9.59 Å². The van der Waals surface area contributed by atoms with E-state index in [4.69, 9.17) is 5.11 Å². The zero-order valence-corrected chi connectivity index (χ0v) is 13.8. The smallest absolute Gasteiger partial charge is 0.318 e. The van der Waals surface area contributed by atoms with Crippen LogP contribution in [0.1, 0.15) is 31.2 Å². The van der Waals surface area contributed by atoms with Crippen molar-refractivity contribution in [2.75, 3.05) is 5.75 Å². The first-order chi connectivity index (χ1) is 11.1. The quantitative estimate of drug-likeness (QED) is 0.594. The molecule has 2 aliphatic heterocycles. The van der Waals surface area contributed by atoms with Gasteiger partial charge in [-0.25, -0.2) is 4.79 Å². The third kappa shape index (κ3) is 3.80. The van der Waals surface area contributed by atoms with E-state index in [0.717, 1.165) is 24.2 Å². The van der Waals surface area contributed by atoms with Gasteiger partial charge >= 0.3 is 12.0 Å². The molecule has 6 heteroatoms. The number of carbonyl (C=O) groups excluding carboxylic acids is 1. The maximum Gasteiger partial charge on any atom is 0.318 e. The molecule has 2 saturated heterocycles. The summed E-state index contributed by atoms with van der Waals surface area (Å²) in [6.45, 7) is 0.639. The minimum atomic E-state index is -0.731. The molecule has 0 spiro atoms. The molecule has 0 aliphatic carbocycles. The molecule has 1 aromatic carbocycles. The molecule has 2 amide bonds. The molecule has 5 nitrogen and oxygen atoms in total. The Balaban J connectivity index is 1.61. The number of hydrogen-bond donors (Lipinski definition) is 2. The summed E-state index contributed by atoms with van der Waals surface area (Å²) >= 11 is 1.91. The number of carboxylic acids is 1. The van der Waals surface area contributed by atoms with Crippen LogP contribution >= 0.6 is 11.8 Å². The molecule has 2 N–H and O–H groups in total. The van der Waals surface area contributed by atoms with Gasteiger partial charge in [-0.3, -0.25) is 4.79 Å². The molecule has 1 aromatic rings. The van der Waals surface area contributed by atoms with Gasteiger partial charge in [0.25, 0.3) is 0 Å². The van der Waals surface area contributed by atoms with Crippen molar-refractivity contribution >= 4 is 23.8 Å². The van der Waals surface area contributed by atoms with Crippen molar-refractivity contribution in [2.45, 2.75) is 49.6 Å². The lowest BCUT2D eigenvalue weighted by Gasteiger charge is -2.27. The highest BCUT2D eigenvalue weighted by Crippen LogP contribution is 2.38. The molecule has 0 aromatic heterocycles. The first kappa shape index (κ1) is 16.2. The number of carbonyl (C=O) groups is 2. The third-order valence-corrected chi connectivity index (χ3v) is 6.03. The summed E-state index contributed by atoms with van der Waals surface area (Å²) in [5.74, 6) is 0.219. The average molecular weight is 334 g/mol. The summed E-state index contributed by atoms with van der Waals surface area (Å²) in [6.07, 6.45) is 2.82. The van der Waals surface area contributed by atoms with Crippen LogP contribution in [-0.4, -0.2) is 45.1 Å². The number of nitrogens with zero attached hydrogens (tertiary/aromatic N) is 1. The van der Waals surface area contributed by atoms with Crippen LogP contribution in [0, 0.1) is 0 Å². The molecular formula is C17H22N2O3S. The van der Waals surface area contributed by atoms with Crippen molar-refractivity contribution in [1.82, 2.24) is 10.2 Å². The molecule has 2 heterocycles. The molecule has 0 bridgehead atoms. The van der Waals surface area contributed by atoms with Crippen LogP contribution in [0.5, 0.6) is 0 Å². The van der Waals surface area contributed by atoms with E-state index >= 15 is 0 Å². The molecule has 3 rings (SSSR count). The number of unbranched alkanes of at least 4 members (excludes halogenated alkanes) is 1. The lowest BCUT2D eigenvalue weighted by Crippen LogP contribution is -2.40. The number of benzene rings is 1. The standard InChI is InChI=1S/C17H22N2O3S/c20-15(21)9-5-4-8-14-16-13(11-23-14)18-17(22)19(16)10-12-6-2-1-3-7-12/h1-3,6-7,13-14,16H,4-5,8-11H2,(H,18,22)(H,20,21)/t13-,14?,16-/m0/s1. The number of rotatable bonds is 7. The summed E-state index contributed by atoms with van der Waals surface area (Å²) in [4.78, 5) is 24.9. The minimum Gasteiger partial charge on any atom is -0.481 e. The molecule has 2 fully saturated rings. The van der Waals surface area contributed by atoms with Gasteiger partial charge in [-0.2, -0.15) is 11.8 Å². The first-order valence-corrected chi connectivity index (χ1v) is 9.14. The summed E-state index contributed by atoms with van der Waals surface area (Å²) in [6, 6.07) is 10.5. The van der Waals surface area contributed by atoms with Gasteiger partial charge < -0.3 is 15.3 Å². The highest BCUT2D eigenvalue weighted by molar-refractivity contribution is 8.00. The highest BCUT2D eigenvalue weighted by Gasteiger charge is 2.47. The third-order valence-electron chi connectivity index (χ3n) is 4.54. The van der Waals surface area contributed by atoms with E-state index in [1.165, 1.54) is 0 Å². The second kappa shape index (κ2) is 7.25. The number of thioether (sulfide) groups is 1. The van der Waals surface area contributed by atoms with Gasteiger partial charge in [0, 0.05) is 24.0 Å². The van der Waals surface area contributed by atoms with E-state index in [1.54, 1.807) is 0 Å². The molecule has 0 saturated carbocycles. The van der Waals surface area contributed by atoms with E-state index < -0.39 is 5.97 Å². The summed E-state index contributed by atoms with van der Waals surface area (Å²) in [5, 5.41) is 12.2. The van der Waals surface area contributed by atoms with Crippen molar-refractivity contribution in [1.29, 1.82) is 0 Å². The van der Waals surface area contributed by atoms with Crippen molar-refractivity contribution in [2.24, 2.45) is 0 Å². The van der Waals surface area contributed by atoms with Crippen molar-refractivity contribution in [3.8, 4) is 0 Å². The Morgan fingerprint density at radius 2 is 2.09 bits per heavy atom. The SMILES string of the molecule is O=C(O)CCCCC1SC[C@@H]2NC(=O)N(Cc3ccccc3)[C@H]12. The summed E-state index contributed by atoms with van der Waals surface area (Å²) in [7, 11) is 0. The number of carboxylic acid groups (broad SMARTS) is 1. The lowest BCUT2D eigenvalue weighted by molar-refractivity contribution is -0.137. The topological polar surface area (TPSA) is 69.6 Å². The predicted molar refractivity (Wildman–Crippen MR) is 90.4 cm³/mol. The number of urea groups is 1. The second-order valence-corrected chi connectivity index (χ2v) is 7.44. The highest BCUT2D eigenvalue weighted by atomic mass is 32.2. The Morgan fingerprint density at radius 1 is 1.30 bits per heavy atom. The fraction of sp³-hybridized carbons (Fsp3) is 0.529. The van der Waals surface area contributed by atoms with E-state index in [1.807, 2.05) is 47.0 Å². The minimum absolute atomic E-state index is 0.0275. The number of amides is 2. The van der Waals surface area contributed by atoms with Gasteiger partial charge in [0.2, 0.25) is 0 Å². The van der Waals surface area contributed by atoms with Gasteiger partial charge in [0.15, 0.2) is 0 Å². The molecule has 2 aliphatic rings. The van der Waals surface area contributed by atoms with E-state index in [2.05, 4.69) is 5.32 Å². The van der Waals surface area contributed by atoms with Gasteiger partial charge in [0.05, 0.1) is 12.1 Å². The normalized spacial score (nSPS) is 26.2. The fourth-order valence-corrected chi connectivity index (χ4v) is 5.04. The van der Waals surface area contributed by atoms with Crippen molar-refractivity contribution in [3.63, 3.8) is 0 Å². The van der Waals surface area contributed by atoms with Gasteiger partial charge in [0.1, 0.15) is 0 Å². The maximum absolute atomic E-state index is 12.3. The van der Waals surface area contributed by atoms with Crippen LogP contribution in [0.25, 0.3) is 0 Å². The average Bonchev–Trinajstić information content (AvgIpc) is 3.05. The maximum atomic E-state index is 12.3. The van der Waals surface area contributed by atoms with E-state index in [0.29, 0.717) is 18.2 Å². The zero-order chi connectivity index (χ0) is 16.2. The van der Waals surface area contributed by atoms with Crippen LogP contribution in [-0.2, 0) is 11.3 Å². The fourth-order valence-electron chi connectivity index (χ4n) is 3.44. The van der Waals surface area contributed by atoms with Crippen molar-refractivity contribution < 1.29 is 14.7 Å². The van der Waals surface area contributed by atoms with Crippen LogP contribution < -0.4 is 5.32 Å². The largest absolute Gasteiger partial charge is 0.481 e. The molecule has 3 atom stereocenters. The van der Waals surface area contributed by atoms with Crippen LogP contribution in [0.4, 0.5) is 4.79 Å². The summed E-state index contributed by atoms with van der Waals surface area (Å²) in [5.41, 5.74) is 1.14.